The van der Waals surface area contributed by atoms with Gasteiger partial charge in [0.1, 0.15) is 5.54 Å². The Bertz CT molecular complexity index is 157. The first-order chi connectivity index (χ1) is 5.25. The minimum absolute atomic E-state index is 0. The molecule has 3 N–H and O–H groups in total. The zero-order valence-electron chi connectivity index (χ0n) is 7.13. The molecule has 1 unspecified atom stereocenters. The van der Waals surface area contributed by atoms with Gasteiger partial charge in [0.05, 0.1) is 7.11 Å². The highest BCUT2D eigenvalue weighted by Crippen LogP contribution is 2.18. The number of nitrogens with one attached hydrogen (secondary N) is 1. The first-order valence-corrected chi connectivity index (χ1v) is 3.79. The normalized spacial score (nSPS) is 27.8. The highest BCUT2D eigenvalue weighted by molar-refractivity contribution is 5.85. The van der Waals surface area contributed by atoms with Crippen molar-refractivity contribution in [1.29, 1.82) is 0 Å². The van der Waals surface area contributed by atoms with E-state index in [1.807, 2.05) is 0 Å². The van der Waals surface area contributed by atoms with E-state index in [9.17, 15) is 4.79 Å². The van der Waals surface area contributed by atoms with E-state index in [1.54, 1.807) is 0 Å². The number of halogens is 1. The molecular formula is C7H15ClN2O2. The minimum atomic E-state index is -0.589. The fraction of sp³-hybridized carbons (Fsp3) is 0.857. The predicted octanol–water partition coefficient (Wildman–Crippen LogP) is -0.338. The molecule has 0 saturated carbocycles. The molecular weight excluding hydrogens is 180 g/mol. The number of methoxy groups -OCH3 is 1. The molecule has 0 aliphatic carbocycles. The average Bonchev–Trinajstić information content (AvgIpc) is 2.52. The maximum absolute atomic E-state index is 11.2. The van der Waals surface area contributed by atoms with Crippen molar-refractivity contribution in [3.8, 4) is 0 Å². The van der Waals surface area contributed by atoms with Crippen molar-refractivity contribution in [3.05, 3.63) is 0 Å². The number of ether oxygens (including phenoxy) is 1. The van der Waals surface area contributed by atoms with Gasteiger partial charge >= 0.3 is 5.97 Å². The highest BCUT2D eigenvalue weighted by Gasteiger charge is 2.40. The average molecular weight is 195 g/mol. The molecule has 0 aromatic rings. The van der Waals surface area contributed by atoms with Crippen molar-refractivity contribution in [2.45, 2.75) is 18.4 Å². The summed E-state index contributed by atoms with van der Waals surface area (Å²) in [5, 5.41) is 3.07. The van der Waals surface area contributed by atoms with Crippen LogP contribution in [0.15, 0.2) is 0 Å². The summed E-state index contributed by atoms with van der Waals surface area (Å²) in [7, 11) is 1.39. The molecule has 1 aliphatic rings. The van der Waals surface area contributed by atoms with Crippen molar-refractivity contribution in [2.24, 2.45) is 5.73 Å². The Morgan fingerprint density at radius 2 is 2.42 bits per heavy atom. The lowest BCUT2D eigenvalue weighted by Gasteiger charge is -2.23. The lowest BCUT2D eigenvalue weighted by atomic mass is 9.98. The fourth-order valence-electron chi connectivity index (χ4n) is 1.43. The topological polar surface area (TPSA) is 64.3 Å². The maximum atomic E-state index is 11.2. The van der Waals surface area contributed by atoms with Crippen molar-refractivity contribution in [3.63, 3.8) is 0 Å². The van der Waals surface area contributed by atoms with Gasteiger partial charge in [-0.1, -0.05) is 0 Å². The van der Waals surface area contributed by atoms with Gasteiger partial charge in [-0.15, -0.1) is 12.4 Å². The van der Waals surface area contributed by atoms with E-state index in [-0.39, 0.29) is 18.4 Å². The van der Waals surface area contributed by atoms with E-state index in [4.69, 9.17) is 5.73 Å². The van der Waals surface area contributed by atoms with Crippen LogP contribution in [-0.2, 0) is 9.53 Å². The van der Waals surface area contributed by atoms with Gasteiger partial charge < -0.3 is 15.8 Å². The molecule has 4 nitrogen and oxygen atoms in total. The van der Waals surface area contributed by atoms with Gasteiger partial charge in [0.15, 0.2) is 0 Å². The predicted molar refractivity (Wildman–Crippen MR) is 48.3 cm³/mol. The van der Waals surface area contributed by atoms with Gasteiger partial charge in [-0.25, -0.2) is 0 Å². The third kappa shape index (κ3) is 1.88. The molecule has 0 aromatic heterocycles. The number of hydrogen-bond donors (Lipinski definition) is 2. The molecule has 1 aliphatic heterocycles. The fourth-order valence-corrected chi connectivity index (χ4v) is 1.43. The van der Waals surface area contributed by atoms with Gasteiger partial charge in [-0.2, -0.15) is 0 Å². The summed E-state index contributed by atoms with van der Waals surface area (Å²) < 4.78 is 4.65. The second kappa shape index (κ2) is 4.64. The molecule has 1 rings (SSSR count). The smallest absolute Gasteiger partial charge is 0.327 e. The van der Waals surface area contributed by atoms with E-state index in [1.165, 1.54) is 7.11 Å². The Morgan fingerprint density at radius 1 is 1.75 bits per heavy atom. The molecule has 1 saturated heterocycles. The minimum Gasteiger partial charge on any atom is -0.468 e. The van der Waals surface area contributed by atoms with Crippen LogP contribution in [0.2, 0.25) is 0 Å². The zero-order valence-corrected chi connectivity index (χ0v) is 7.95. The van der Waals surface area contributed by atoms with Gasteiger partial charge in [-0.05, 0) is 19.4 Å². The van der Waals surface area contributed by atoms with Crippen molar-refractivity contribution in [2.75, 3.05) is 20.2 Å². The number of carbonyl (C=O) groups excluding carboxylic acids is 1. The molecule has 5 heteroatoms. The van der Waals surface area contributed by atoms with Crippen LogP contribution in [0.4, 0.5) is 0 Å². The number of rotatable bonds is 2. The standard InChI is InChI=1S/C7H14N2O2.ClH/c1-11-6(10)7(5-8)3-2-4-9-7;/h9H,2-5,8H2,1H3;1H. The Morgan fingerprint density at radius 3 is 2.75 bits per heavy atom. The van der Waals surface area contributed by atoms with Gasteiger partial charge in [0, 0.05) is 6.54 Å². The maximum Gasteiger partial charge on any atom is 0.327 e. The number of hydrogen-bond acceptors (Lipinski definition) is 4. The van der Waals surface area contributed by atoms with Crippen molar-refractivity contribution >= 4 is 18.4 Å². The summed E-state index contributed by atoms with van der Waals surface area (Å²) in [6, 6.07) is 0. The van der Waals surface area contributed by atoms with E-state index >= 15 is 0 Å². The number of carbonyl (C=O) groups is 1. The van der Waals surface area contributed by atoms with E-state index in [2.05, 4.69) is 10.1 Å². The van der Waals surface area contributed by atoms with Crippen LogP contribution in [-0.4, -0.2) is 31.7 Å². The Balaban J connectivity index is 0.00000121. The van der Waals surface area contributed by atoms with Crippen molar-refractivity contribution in [1.82, 2.24) is 5.32 Å². The molecule has 0 aromatic carbocycles. The molecule has 72 valence electrons. The van der Waals surface area contributed by atoms with Crippen LogP contribution < -0.4 is 11.1 Å². The summed E-state index contributed by atoms with van der Waals surface area (Å²) in [4.78, 5) is 11.2. The Hall–Kier alpha value is -0.320. The molecule has 1 atom stereocenters. The third-order valence-electron chi connectivity index (χ3n) is 2.17. The van der Waals surface area contributed by atoms with Crippen LogP contribution >= 0.6 is 12.4 Å². The summed E-state index contributed by atoms with van der Waals surface area (Å²) in [6.07, 6.45) is 1.78. The van der Waals surface area contributed by atoms with Crippen LogP contribution in [0, 0.1) is 0 Å². The third-order valence-corrected chi connectivity index (χ3v) is 2.17. The molecule has 1 heterocycles. The SMILES string of the molecule is COC(=O)C1(CN)CCCN1.Cl. The van der Waals surface area contributed by atoms with Gasteiger partial charge in [-0.3, -0.25) is 4.79 Å². The second-order valence-corrected chi connectivity index (χ2v) is 2.81. The van der Waals surface area contributed by atoms with E-state index < -0.39 is 5.54 Å². The van der Waals surface area contributed by atoms with Crippen LogP contribution in [0.5, 0.6) is 0 Å². The van der Waals surface area contributed by atoms with Crippen molar-refractivity contribution < 1.29 is 9.53 Å². The zero-order chi connectivity index (χ0) is 8.32. The largest absolute Gasteiger partial charge is 0.468 e. The van der Waals surface area contributed by atoms with E-state index in [0.717, 1.165) is 19.4 Å². The van der Waals surface area contributed by atoms with Gasteiger partial charge in [0.2, 0.25) is 0 Å². The second-order valence-electron chi connectivity index (χ2n) is 2.81. The lowest BCUT2D eigenvalue weighted by Crippen LogP contribution is -2.53. The quantitative estimate of drug-likeness (QED) is 0.591. The Labute approximate surface area is 78.2 Å². The summed E-state index contributed by atoms with van der Waals surface area (Å²) in [5.74, 6) is -0.238. The molecule has 0 amide bonds. The Kier molecular flexibility index (Phi) is 4.52. The first-order valence-electron chi connectivity index (χ1n) is 3.79. The highest BCUT2D eigenvalue weighted by atomic mass is 35.5. The first kappa shape index (κ1) is 11.7. The molecule has 0 radical (unpaired) electrons. The number of esters is 1. The van der Waals surface area contributed by atoms with E-state index in [0.29, 0.717) is 6.54 Å². The molecule has 0 spiro atoms. The van der Waals surface area contributed by atoms with Crippen LogP contribution in [0.3, 0.4) is 0 Å². The number of nitrogens with two attached hydrogens (primary N) is 1. The van der Waals surface area contributed by atoms with Gasteiger partial charge in [0.25, 0.3) is 0 Å². The monoisotopic (exact) mass is 194 g/mol. The molecule has 1 fully saturated rings. The molecule has 12 heavy (non-hydrogen) atoms. The van der Waals surface area contributed by atoms with Crippen LogP contribution in [0.1, 0.15) is 12.8 Å². The summed E-state index contributed by atoms with van der Waals surface area (Å²) in [5.41, 5.74) is 4.89. The molecule has 0 bridgehead atoms. The summed E-state index contributed by atoms with van der Waals surface area (Å²) >= 11 is 0. The summed E-state index contributed by atoms with van der Waals surface area (Å²) in [6.45, 7) is 1.17. The lowest BCUT2D eigenvalue weighted by molar-refractivity contribution is -0.147. The van der Waals surface area contributed by atoms with Crippen LogP contribution in [0.25, 0.3) is 0 Å².